The standard InChI is InChI=1S/C13H12BrNO4S/c1-15(8-10-4-2-3-5-12(10)14)20(17,18)13-7-6-11(9-16)19-13/h2-7,9H,8H2,1H3. The molecule has 0 aliphatic rings. The normalized spacial score (nSPS) is 11.8. The maximum atomic E-state index is 12.3. The Bertz CT molecular complexity index is 723. The minimum Gasteiger partial charge on any atom is -0.440 e. The number of sulfonamides is 1. The largest absolute Gasteiger partial charge is 0.440 e. The Hall–Kier alpha value is -1.44. The van der Waals surface area contributed by atoms with Gasteiger partial charge in [-0.2, -0.15) is 4.31 Å². The third kappa shape index (κ3) is 3.00. The first-order chi connectivity index (χ1) is 9.45. The summed E-state index contributed by atoms with van der Waals surface area (Å²) in [5.41, 5.74) is 0.834. The van der Waals surface area contributed by atoms with Crippen molar-refractivity contribution >= 4 is 32.2 Å². The van der Waals surface area contributed by atoms with Crippen LogP contribution in [0, 0.1) is 0 Å². The van der Waals surface area contributed by atoms with Crippen LogP contribution < -0.4 is 0 Å². The summed E-state index contributed by atoms with van der Waals surface area (Å²) in [6.07, 6.45) is 0.465. The summed E-state index contributed by atoms with van der Waals surface area (Å²) in [6.45, 7) is 0.195. The quantitative estimate of drug-likeness (QED) is 0.771. The summed E-state index contributed by atoms with van der Waals surface area (Å²) < 4.78 is 31.5. The molecule has 0 bridgehead atoms. The Kier molecular flexibility index (Phi) is 4.42. The maximum Gasteiger partial charge on any atom is 0.276 e. The molecule has 0 aliphatic heterocycles. The number of carbonyl (C=O) groups excluding carboxylic acids is 1. The van der Waals surface area contributed by atoms with E-state index in [1.165, 1.54) is 23.5 Å². The minimum atomic E-state index is -3.76. The lowest BCUT2D eigenvalue weighted by Crippen LogP contribution is -2.26. The van der Waals surface area contributed by atoms with Gasteiger partial charge < -0.3 is 4.42 Å². The van der Waals surface area contributed by atoms with Gasteiger partial charge in [-0.05, 0) is 23.8 Å². The highest BCUT2D eigenvalue weighted by atomic mass is 79.9. The molecule has 1 heterocycles. The van der Waals surface area contributed by atoms with Gasteiger partial charge in [0.05, 0.1) is 0 Å². The van der Waals surface area contributed by atoms with Gasteiger partial charge in [0, 0.05) is 18.1 Å². The predicted molar refractivity (Wildman–Crippen MR) is 76.9 cm³/mol. The summed E-state index contributed by atoms with van der Waals surface area (Å²) in [6, 6.07) is 9.95. The van der Waals surface area contributed by atoms with Crippen molar-refractivity contribution < 1.29 is 17.6 Å². The van der Waals surface area contributed by atoms with Crippen molar-refractivity contribution in [3.8, 4) is 0 Å². The summed E-state index contributed by atoms with van der Waals surface area (Å²) in [4.78, 5) is 10.5. The fraction of sp³-hybridized carbons (Fsp3) is 0.154. The first-order valence-corrected chi connectivity index (χ1v) is 7.93. The van der Waals surface area contributed by atoms with Gasteiger partial charge in [-0.3, -0.25) is 4.79 Å². The highest BCUT2D eigenvalue weighted by molar-refractivity contribution is 9.10. The predicted octanol–water partition coefficient (Wildman–Crippen LogP) is 2.68. The molecule has 0 aliphatic carbocycles. The van der Waals surface area contributed by atoms with Crippen LogP contribution in [0.3, 0.4) is 0 Å². The minimum absolute atomic E-state index is 0.0159. The summed E-state index contributed by atoms with van der Waals surface area (Å²) in [7, 11) is -2.30. The van der Waals surface area contributed by atoms with Gasteiger partial charge in [0.15, 0.2) is 12.0 Å². The van der Waals surface area contributed by atoms with Crippen molar-refractivity contribution in [3.63, 3.8) is 0 Å². The number of hydrogen-bond donors (Lipinski definition) is 0. The number of rotatable bonds is 5. The van der Waals surface area contributed by atoms with Gasteiger partial charge in [-0.25, -0.2) is 8.42 Å². The summed E-state index contributed by atoms with van der Waals surface area (Å²) in [5, 5.41) is -0.242. The number of nitrogens with zero attached hydrogens (tertiary/aromatic N) is 1. The molecule has 0 radical (unpaired) electrons. The van der Waals surface area contributed by atoms with Crippen molar-refractivity contribution in [2.75, 3.05) is 7.05 Å². The fourth-order valence-electron chi connectivity index (χ4n) is 1.64. The average Bonchev–Trinajstić information content (AvgIpc) is 2.90. The van der Waals surface area contributed by atoms with Crippen LogP contribution in [0.4, 0.5) is 0 Å². The van der Waals surface area contributed by atoms with Crippen LogP contribution in [0.5, 0.6) is 0 Å². The first kappa shape index (κ1) is 15.0. The lowest BCUT2D eigenvalue weighted by atomic mass is 10.2. The van der Waals surface area contributed by atoms with E-state index in [0.29, 0.717) is 6.29 Å². The van der Waals surface area contributed by atoms with Crippen LogP contribution in [-0.4, -0.2) is 26.1 Å². The van der Waals surface area contributed by atoms with E-state index in [1.54, 1.807) is 0 Å². The van der Waals surface area contributed by atoms with Gasteiger partial charge in [0.1, 0.15) is 0 Å². The molecule has 0 atom stereocenters. The van der Waals surface area contributed by atoms with E-state index in [2.05, 4.69) is 15.9 Å². The van der Waals surface area contributed by atoms with Crippen LogP contribution >= 0.6 is 15.9 Å². The Balaban J connectivity index is 2.25. The van der Waals surface area contributed by atoms with Crippen LogP contribution in [-0.2, 0) is 16.6 Å². The highest BCUT2D eigenvalue weighted by Gasteiger charge is 2.25. The van der Waals surface area contributed by atoms with Gasteiger partial charge >= 0.3 is 0 Å². The number of aldehydes is 1. The third-order valence-electron chi connectivity index (χ3n) is 2.73. The molecule has 0 fully saturated rings. The molecule has 0 N–H and O–H groups in total. The summed E-state index contributed by atoms with van der Waals surface area (Å²) >= 11 is 3.37. The second-order valence-corrected chi connectivity index (χ2v) is 6.96. The number of hydrogen-bond acceptors (Lipinski definition) is 4. The molecular weight excluding hydrogens is 346 g/mol. The molecule has 20 heavy (non-hydrogen) atoms. The van der Waals surface area contributed by atoms with Gasteiger partial charge in [0.25, 0.3) is 10.0 Å². The number of carbonyl (C=O) groups is 1. The zero-order valence-electron chi connectivity index (χ0n) is 10.6. The molecule has 2 aromatic rings. The Morgan fingerprint density at radius 1 is 1.25 bits per heavy atom. The van der Waals surface area contributed by atoms with Gasteiger partial charge in [-0.15, -0.1) is 0 Å². The Labute approximate surface area is 125 Å². The van der Waals surface area contributed by atoms with Crippen molar-refractivity contribution in [2.45, 2.75) is 11.6 Å². The van der Waals surface area contributed by atoms with E-state index in [1.807, 2.05) is 24.3 Å². The molecule has 106 valence electrons. The molecule has 1 aromatic heterocycles. The number of furan rings is 1. The second kappa shape index (κ2) is 5.90. The molecule has 2 rings (SSSR count). The molecule has 0 amide bonds. The molecule has 7 heteroatoms. The van der Waals surface area contributed by atoms with Crippen LogP contribution in [0.2, 0.25) is 0 Å². The second-order valence-electron chi connectivity index (χ2n) is 4.13. The molecular formula is C13H12BrNO4S. The fourth-order valence-corrected chi connectivity index (χ4v) is 3.11. The first-order valence-electron chi connectivity index (χ1n) is 5.70. The summed E-state index contributed by atoms with van der Waals surface area (Å²) in [5.74, 6) is -0.0159. The van der Waals surface area contributed by atoms with E-state index < -0.39 is 10.0 Å². The third-order valence-corrected chi connectivity index (χ3v) is 5.18. The van der Waals surface area contributed by atoms with Crippen LogP contribution in [0.25, 0.3) is 0 Å². The van der Waals surface area contributed by atoms with Crippen molar-refractivity contribution in [3.05, 3.63) is 52.2 Å². The molecule has 0 saturated heterocycles. The van der Waals surface area contributed by atoms with Gasteiger partial charge in [-0.1, -0.05) is 34.1 Å². The van der Waals surface area contributed by atoms with Crippen molar-refractivity contribution in [2.24, 2.45) is 0 Å². The van der Waals surface area contributed by atoms with Crippen LogP contribution in [0.15, 0.2) is 50.4 Å². The van der Waals surface area contributed by atoms with Crippen molar-refractivity contribution in [1.29, 1.82) is 0 Å². The van der Waals surface area contributed by atoms with Crippen molar-refractivity contribution in [1.82, 2.24) is 4.31 Å². The lowest BCUT2D eigenvalue weighted by Gasteiger charge is -2.16. The zero-order valence-corrected chi connectivity index (χ0v) is 13.0. The molecule has 5 nitrogen and oxygen atoms in total. The molecule has 0 saturated carbocycles. The number of halogens is 1. The molecule has 1 aromatic carbocycles. The van der Waals surface area contributed by atoms with E-state index in [-0.39, 0.29) is 17.4 Å². The van der Waals surface area contributed by atoms with E-state index >= 15 is 0 Å². The maximum absolute atomic E-state index is 12.3. The topological polar surface area (TPSA) is 67.6 Å². The Morgan fingerprint density at radius 3 is 2.55 bits per heavy atom. The van der Waals surface area contributed by atoms with E-state index in [9.17, 15) is 13.2 Å². The Morgan fingerprint density at radius 2 is 1.95 bits per heavy atom. The van der Waals surface area contributed by atoms with Crippen LogP contribution in [0.1, 0.15) is 16.1 Å². The smallest absolute Gasteiger partial charge is 0.276 e. The lowest BCUT2D eigenvalue weighted by molar-refractivity contribution is 0.109. The molecule has 0 unspecified atom stereocenters. The SMILES string of the molecule is CN(Cc1ccccc1Br)S(=O)(=O)c1ccc(C=O)o1. The van der Waals surface area contributed by atoms with E-state index in [0.717, 1.165) is 10.0 Å². The monoisotopic (exact) mass is 357 g/mol. The highest BCUT2D eigenvalue weighted by Crippen LogP contribution is 2.22. The van der Waals surface area contributed by atoms with E-state index in [4.69, 9.17) is 4.42 Å². The number of benzene rings is 1. The molecule has 0 spiro atoms. The zero-order chi connectivity index (χ0) is 14.8. The van der Waals surface area contributed by atoms with Gasteiger partial charge in [0.2, 0.25) is 5.09 Å². The average molecular weight is 358 g/mol.